The lowest BCUT2D eigenvalue weighted by molar-refractivity contribution is -0.128. The van der Waals surface area contributed by atoms with Crippen molar-refractivity contribution < 1.29 is 9.59 Å². The van der Waals surface area contributed by atoms with Crippen LogP contribution in [0.25, 0.3) is 0 Å². The number of ketones is 2. The number of rotatable bonds is 1. The smallest absolute Gasteiger partial charge is 0.155 e. The Balaban J connectivity index is 1.67. The zero-order valence-electron chi connectivity index (χ0n) is 14.9. The van der Waals surface area contributed by atoms with Crippen molar-refractivity contribution >= 4 is 11.6 Å². The van der Waals surface area contributed by atoms with Crippen molar-refractivity contribution in [2.24, 2.45) is 34.5 Å². The van der Waals surface area contributed by atoms with Gasteiger partial charge in [-0.25, -0.2) is 0 Å². The molecule has 23 heavy (non-hydrogen) atoms. The van der Waals surface area contributed by atoms with Crippen molar-refractivity contribution in [3.63, 3.8) is 0 Å². The van der Waals surface area contributed by atoms with Crippen LogP contribution in [0.2, 0.25) is 0 Å². The molecule has 6 atom stereocenters. The summed E-state index contributed by atoms with van der Waals surface area (Å²) < 4.78 is 0. The van der Waals surface area contributed by atoms with Crippen molar-refractivity contribution in [1.29, 1.82) is 0 Å². The van der Waals surface area contributed by atoms with Crippen LogP contribution in [0.3, 0.4) is 0 Å². The maximum absolute atomic E-state index is 12.1. The first-order chi connectivity index (χ1) is 10.9. The highest BCUT2D eigenvalue weighted by Crippen LogP contribution is 2.66. The van der Waals surface area contributed by atoms with Crippen LogP contribution in [0.1, 0.15) is 72.1 Å². The van der Waals surface area contributed by atoms with E-state index in [1.54, 1.807) is 6.92 Å². The second-order valence-electron chi connectivity index (χ2n) is 9.25. The minimum Gasteiger partial charge on any atom is -0.300 e. The zero-order valence-corrected chi connectivity index (χ0v) is 14.9. The van der Waals surface area contributed by atoms with Crippen molar-refractivity contribution in [2.45, 2.75) is 72.1 Å². The van der Waals surface area contributed by atoms with Crippen LogP contribution in [-0.4, -0.2) is 11.6 Å². The van der Waals surface area contributed by atoms with E-state index in [0.717, 1.165) is 43.4 Å². The van der Waals surface area contributed by atoms with Crippen molar-refractivity contribution in [3.05, 3.63) is 11.6 Å². The SMILES string of the molecule is C[C@]12CC[C@H]3[C@@H](CCC4=CC(=O)CC[C@@]43C)[C@@H]1CC[C@@H]2C([13CH3])=O. The lowest BCUT2D eigenvalue weighted by atomic mass is 9.47. The molecule has 0 amide bonds. The fourth-order valence-electron chi connectivity index (χ4n) is 7.23. The van der Waals surface area contributed by atoms with E-state index in [1.165, 1.54) is 31.3 Å². The van der Waals surface area contributed by atoms with Gasteiger partial charge in [0.1, 0.15) is 5.78 Å². The molecule has 4 aliphatic rings. The Labute approximate surface area is 140 Å². The highest BCUT2D eigenvalue weighted by atomic mass is 16.1. The summed E-state index contributed by atoms with van der Waals surface area (Å²) in [6, 6.07) is 0. The van der Waals surface area contributed by atoms with Crippen molar-refractivity contribution in [1.82, 2.24) is 0 Å². The monoisotopic (exact) mass is 315 g/mol. The predicted molar refractivity (Wildman–Crippen MR) is 90.9 cm³/mol. The van der Waals surface area contributed by atoms with Gasteiger partial charge in [0.05, 0.1) is 0 Å². The van der Waals surface area contributed by atoms with E-state index in [1.807, 2.05) is 6.08 Å². The highest BCUT2D eigenvalue weighted by Gasteiger charge is 2.59. The minimum absolute atomic E-state index is 0.245. The Hall–Kier alpha value is -0.920. The molecule has 2 heteroatoms. The number of Topliss-reactive ketones (excluding diaryl/α,β-unsaturated/α-hetero) is 1. The van der Waals surface area contributed by atoms with Crippen molar-refractivity contribution in [3.8, 4) is 0 Å². The van der Waals surface area contributed by atoms with Gasteiger partial charge in [0, 0.05) is 12.3 Å². The van der Waals surface area contributed by atoms with E-state index in [9.17, 15) is 9.59 Å². The second-order valence-corrected chi connectivity index (χ2v) is 9.25. The number of fused-ring (bicyclic) bond motifs is 5. The molecule has 0 aromatic rings. The first kappa shape index (κ1) is 15.6. The second kappa shape index (κ2) is 5.04. The molecule has 0 spiro atoms. The Morgan fingerprint density at radius 3 is 2.57 bits per heavy atom. The van der Waals surface area contributed by atoms with Gasteiger partial charge in [-0.1, -0.05) is 19.4 Å². The van der Waals surface area contributed by atoms with E-state index in [0.29, 0.717) is 17.5 Å². The summed E-state index contributed by atoms with van der Waals surface area (Å²) >= 11 is 0. The highest BCUT2D eigenvalue weighted by molar-refractivity contribution is 5.91. The normalized spacial score (nSPS) is 49.0. The zero-order chi connectivity index (χ0) is 16.4. The molecule has 0 heterocycles. The molecule has 2 nitrogen and oxygen atoms in total. The number of hydrogen-bond donors (Lipinski definition) is 0. The summed E-state index contributed by atoms with van der Waals surface area (Å²) in [6.07, 6.45) is 10.9. The summed E-state index contributed by atoms with van der Waals surface area (Å²) in [7, 11) is 0. The third kappa shape index (κ3) is 2.06. The van der Waals surface area contributed by atoms with E-state index in [2.05, 4.69) is 13.8 Å². The molecule has 0 aromatic heterocycles. The summed E-state index contributed by atoms with van der Waals surface area (Å²) in [5, 5.41) is 0. The van der Waals surface area contributed by atoms with E-state index in [4.69, 9.17) is 0 Å². The third-order valence-corrected chi connectivity index (χ3v) is 8.45. The number of hydrogen-bond acceptors (Lipinski definition) is 2. The van der Waals surface area contributed by atoms with Gasteiger partial charge >= 0.3 is 0 Å². The first-order valence-corrected chi connectivity index (χ1v) is 9.60. The standard InChI is InChI=1S/C21H30O2/c1-13(22)17-6-7-18-16-5-4-14-12-15(23)8-10-20(14,2)19(16)9-11-21(17,18)3/h12,16-19H,4-11H2,1-3H3/t16-,17+,18-,19-,20-,21+/m0/s1/i1+1. The van der Waals surface area contributed by atoms with E-state index < -0.39 is 0 Å². The van der Waals surface area contributed by atoms with Gasteiger partial charge < -0.3 is 0 Å². The number of carbonyl (C=O) groups excluding carboxylic acids is 2. The molecule has 0 unspecified atom stereocenters. The molecule has 4 aliphatic carbocycles. The summed E-state index contributed by atoms with van der Waals surface area (Å²) in [5.41, 5.74) is 1.95. The van der Waals surface area contributed by atoms with Gasteiger partial charge in [-0.2, -0.15) is 0 Å². The molecule has 0 N–H and O–H groups in total. The largest absolute Gasteiger partial charge is 0.300 e. The minimum atomic E-state index is 0.245. The quantitative estimate of drug-likeness (QED) is 0.656. The van der Waals surface area contributed by atoms with Crippen molar-refractivity contribution in [2.75, 3.05) is 0 Å². The van der Waals surface area contributed by atoms with Gasteiger partial charge in [-0.15, -0.1) is 0 Å². The molecule has 3 saturated carbocycles. The topological polar surface area (TPSA) is 34.1 Å². The van der Waals surface area contributed by atoms with Crippen LogP contribution < -0.4 is 0 Å². The van der Waals surface area contributed by atoms with E-state index >= 15 is 0 Å². The summed E-state index contributed by atoms with van der Waals surface area (Å²) in [4.78, 5) is 24.0. The van der Waals surface area contributed by atoms with Gasteiger partial charge in [-0.05, 0) is 86.5 Å². The third-order valence-electron chi connectivity index (χ3n) is 8.45. The molecule has 0 aromatic carbocycles. The molecule has 4 rings (SSSR count). The molecule has 0 radical (unpaired) electrons. The Morgan fingerprint density at radius 2 is 1.83 bits per heavy atom. The Kier molecular flexibility index (Phi) is 3.42. The fourth-order valence-corrected chi connectivity index (χ4v) is 7.23. The number of allylic oxidation sites excluding steroid dienone is 1. The van der Waals surface area contributed by atoms with Crippen LogP contribution in [-0.2, 0) is 9.59 Å². The molecule has 126 valence electrons. The summed E-state index contributed by atoms with van der Waals surface area (Å²) in [5.74, 6) is 3.29. The van der Waals surface area contributed by atoms with Crippen LogP contribution in [0.4, 0.5) is 0 Å². The predicted octanol–water partition coefficient (Wildman–Crippen LogP) is 4.72. The lowest BCUT2D eigenvalue weighted by Gasteiger charge is -2.58. The van der Waals surface area contributed by atoms with Crippen LogP contribution in [0, 0.1) is 34.5 Å². The molecular weight excluding hydrogens is 285 g/mol. The fraction of sp³-hybridized carbons (Fsp3) is 0.810. The maximum Gasteiger partial charge on any atom is 0.155 e. The molecule has 0 aliphatic heterocycles. The van der Waals surface area contributed by atoms with Gasteiger partial charge in [0.25, 0.3) is 0 Å². The number of carbonyl (C=O) groups is 2. The average Bonchev–Trinajstić information content (AvgIpc) is 2.85. The van der Waals surface area contributed by atoms with Crippen LogP contribution >= 0.6 is 0 Å². The van der Waals surface area contributed by atoms with Gasteiger partial charge in [0.2, 0.25) is 0 Å². The molecule has 3 fully saturated rings. The average molecular weight is 315 g/mol. The molecular formula is C21H30O2. The summed E-state index contributed by atoms with van der Waals surface area (Å²) in [6.45, 7) is 6.65. The van der Waals surface area contributed by atoms with E-state index in [-0.39, 0.29) is 10.8 Å². The lowest BCUT2D eigenvalue weighted by Crippen LogP contribution is -2.51. The molecule has 0 saturated heterocycles. The Bertz CT molecular complexity index is 589. The maximum atomic E-state index is 12.1. The first-order valence-electron chi connectivity index (χ1n) is 9.60. The van der Waals surface area contributed by atoms with Crippen LogP contribution in [0.5, 0.6) is 0 Å². The van der Waals surface area contributed by atoms with Gasteiger partial charge in [-0.3, -0.25) is 9.59 Å². The van der Waals surface area contributed by atoms with Gasteiger partial charge in [0.15, 0.2) is 5.78 Å². The molecule has 0 bridgehead atoms. The van der Waals surface area contributed by atoms with Crippen LogP contribution in [0.15, 0.2) is 11.6 Å². The Morgan fingerprint density at radius 1 is 1.04 bits per heavy atom.